The summed E-state index contributed by atoms with van der Waals surface area (Å²) in [5.41, 5.74) is 11.1. The quantitative estimate of drug-likeness (QED) is 0.229. The lowest BCUT2D eigenvalue weighted by molar-refractivity contribution is 0.629. The number of para-hydroxylation sites is 1. The first-order valence-electron chi connectivity index (χ1n) is 13.7. The molecular weight excluding hydrogens is 398 g/mol. The van der Waals surface area contributed by atoms with E-state index in [-0.39, 0.29) is 0 Å². The molecule has 0 saturated carbocycles. The molecule has 33 heavy (non-hydrogen) atoms. The first-order chi connectivity index (χ1) is 16.4. The van der Waals surface area contributed by atoms with Crippen molar-refractivity contribution >= 4 is 38.1 Å². The molecule has 0 spiro atoms. The van der Waals surface area contributed by atoms with E-state index in [4.69, 9.17) is 0 Å². The number of fused-ring (bicyclic) bond motifs is 10. The highest BCUT2D eigenvalue weighted by molar-refractivity contribution is 6.24. The molecule has 2 aliphatic rings. The highest BCUT2D eigenvalue weighted by Crippen LogP contribution is 2.43. The van der Waals surface area contributed by atoms with E-state index < -0.39 is 0 Å². The zero-order valence-corrected chi connectivity index (χ0v) is 19.9. The molecule has 3 aromatic carbocycles. The highest BCUT2D eigenvalue weighted by Gasteiger charge is 2.23. The highest BCUT2D eigenvalue weighted by atomic mass is 14.9. The Balaban J connectivity index is 1.64. The summed E-state index contributed by atoms with van der Waals surface area (Å²) in [6.45, 7) is 0. The lowest BCUT2D eigenvalue weighted by atomic mass is 9.94. The first-order valence-corrected chi connectivity index (χ1v) is 13.7. The minimum absolute atomic E-state index is 1.24. The Morgan fingerprint density at radius 2 is 0.818 bits per heavy atom. The van der Waals surface area contributed by atoms with Crippen molar-refractivity contribution in [1.82, 2.24) is 4.40 Å². The van der Waals surface area contributed by atoms with E-state index in [2.05, 4.69) is 46.9 Å². The van der Waals surface area contributed by atoms with Crippen molar-refractivity contribution in [3.8, 4) is 0 Å². The van der Waals surface area contributed by atoms with Crippen LogP contribution in [0.25, 0.3) is 38.1 Å². The lowest BCUT2D eigenvalue weighted by Crippen LogP contribution is -2.00. The second-order valence-electron chi connectivity index (χ2n) is 10.8. The number of nitrogens with zero attached hydrogens (tertiary/aromatic N) is 1. The standard InChI is InChI=1S/C32H35N/c1-3-7-12-22-18-20-28-26-16-11-17-27-29-21-19-23-13-8-4-2-6-10-15-25(23)31(29)33(32(26)27)30(28)24(22)14-9-5-1/h11,16-21H,1-10,12-15H2. The van der Waals surface area contributed by atoms with Gasteiger partial charge < -0.3 is 4.40 Å². The van der Waals surface area contributed by atoms with Crippen LogP contribution in [0.1, 0.15) is 86.5 Å². The van der Waals surface area contributed by atoms with Gasteiger partial charge in [-0.25, -0.2) is 0 Å². The maximum absolute atomic E-state index is 2.75. The minimum Gasteiger partial charge on any atom is -0.307 e. The van der Waals surface area contributed by atoms with Crippen molar-refractivity contribution in [3.63, 3.8) is 0 Å². The smallest absolute Gasteiger partial charge is 0.0620 e. The molecule has 0 atom stereocenters. The van der Waals surface area contributed by atoms with Gasteiger partial charge in [0.1, 0.15) is 0 Å². The fourth-order valence-electron chi connectivity index (χ4n) is 7.18. The van der Waals surface area contributed by atoms with Crippen LogP contribution in [0.4, 0.5) is 0 Å². The van der Waals surface area contributed by atoms with E-state index in [9.17, 15) is 0 Å². The van der Waals surface area contributed by atoms with E-state index in [0.29, 0.717) is 0 Å². The molecule has 5 aromatic rings. The van der Waals surface area contributed by atoms with Crippen LogP contribution in [0.5, 0.6) is 0 Å². The molecule has 1 heteroatoms. The van der Waals surface area contributed by atoms with E-state index in [1.807, 2.05) is 0 Å². The molecule has 2 aliphatic carbocycles. The minimum atomic E-state index is 1.24. The van der Waals surface area contributed by atoms with Crippen molar-refractivity contribution in [2.75, 3.05) is 0 Å². The van der Waals surface area contributed by atoms with Crippen molar-refractivity contribution in [2.24, 2.45) is 0 Å². The summed E-state index contributed by atoms with van der Waals surface area (Å²) < 4.78 is 2.75. The van der Waals surface area contributed by atoms with Crippen LogP contribution in [-0.4, -0.2) is 4.40 Å². The lowest BCUT2D eigenvalue weighted by Gasteiger charge is -2.14. The number of rotatable bonds is 0. The summed E-state index contributed by atoms with van der Waals surface area (Å²) in [6.07, 6.45) is 18.7. The van der Waals surface area contributed by atoms with Crippen molar-refractivity contribution in [1.29, 1.82) is 0 Å². The van der Waals surface area contributed by atoms with Gasteiger partial charge in [0.2, 0.25) is 0 Å². The van der Waals surface area contributed by atoms with E-state index in [1.165, 1.54) is 117 Å². The molecule has 0 N–H and O–H groups in total. The van der Waals surface area contributed by atoms with Gasteiger partial charge in [0.15, 0.2) is 0 Å². The van der Waals surface area contributed by atoms with Crippen LogP contribution >= 0.6 is 0 Å². The van der Waals surface area contributed by atoms with Crippen molar-refractivity contribution < 1.29 is 0 Å². The predicted molar refractivity (Wildman–Crippen MR) is 142 cm³/mol. The van der Waals surface area contributed by atoms with Crippen LogP contribution in [-0.2, 0) is 25.7 Å². The number of aromatic nitrogens is 1. The molecule has 1 nitrogen and oxygen atoms in total. The average Bonchev–Trinajstić information content (AvgIpc) is 3.41. The third-order valence-electron chi connectivity index (χ3n) is 8.79. The zero-order chi connectivity index (χ0) is 21.8. The molecule has 0 amide bonds. The maximum atomic E-state index is 2.75. The molecule has 2 aromatic heterocycles. The monoisotopic (exact) mass is 433 g/mol. The molecule has 0 bridgehead atoms. The zero-order valence-electron chi connectivity index (χ0n) is 19.9. The normalized spacial score (nSPS) is 18.4. The van der Waals surface area contributed by atoms with Crippen LogP contribution < -0.4 is 0 Å². The first kappa shape index (κ1) is 19.9. The van der Waals surface area contributed by atoms with Crippen LogP contribution in [0, 0.1) is 0 Å². The topological polar surface area (TPSA) is 4.41 Å². The van der Waals surface area contributed by atoms with Gasteiger partial charge >= 0.3 is 0 Å². The summed E-state index contributed by atoms with van der Waals surface area (Å²) >= 11 is 0. The number of hydrogen-bond acceptors (Lipinski definition) is 0. The molecule has 0 unspecified atom stereocenters. The van der Waals surface area contributed by atoms with Gasteiger partial charge in [-0.3, -0.25) is 0 Å². The Morgan fingerprint density at radius 3 is 1.33 bits per heavy atom. The number of hydrogen-bond donors (Lipinski definition) is 0. The number of aryl methyl sites for hydroxylation is 4. The summed E-state index contributed by atoms with van der Waals surface area (Å²) in [4.78, 5) is 0. The average molecular weight is 434 g/mol. The van der Waals surface area contributed by atoms with Crippen LogP contribution in [0.3, 0.4) is 0 Å². The van der Waals surface area contributed by atoms with Crippen molar-refractivity contribution in [3.05, 3.63) is 64.7 Å². The van der Waals surface area contributed by atoms with Gasteiger partial charge in [0, 0.05) is 21.5 Å². The summed E-state index contributed by atoms with van der Waals surface area (Å²) in [5, 5.41) is 5.88. The SMILES string of the molecule is c1cc2c3ccc4c(c3n3c5c6c(ccc5c(c1)c23)CCCCCCC6)CCCCCCC4. The molecule has 2 heterocycles. The molecular formula is C32H35N. The Morgan fingerprint density at radius 1 is 0.394 bits per heavy atom. The fourth-order valence-corrected chi connectivity index (χ4v) is 7.18. The second kappa shape index (κ2) is 8.05. The van der Waals surface area contributed by atoms with Crippen molar-refractivity contribution in [2.45, 2.75) is 89.9 Å². The molecule has 0 saturated heterocycles. The Bertz CT molecular complexity index is 1360. The van der Waals surface area contributed by atoms with Gasteiger partial charge in [0.25, 0.3) is 0 Å². The second-order valence-corrected chi connectivity index (χ2v) is 10.8. The summed E-state index contributed by atoms with van der Waals surface area (Å²) in [6, 6.07) is 16.9. The third-order valence-corrected chi connectivity index (χ3v) is 8.79. The van der Waals surface area contributed by atoms with E-state index >= 15 is 0 Å². The molecule has 7 rings (SSSR count). The van der Waals surface area contributed by atoms with Crippen LogP contribution in [0.2, 0.25) is 0 Å². The third kappa shape index (κ3) is 3.04. The Hall–Kier alpha value is -2.54. The molecule has 0 fully saturated rings. The fraction of sp³-hybridized carbons (Fsp3) is 0.438. The van der Waals surface area contributed by atoms with Gasteiger partial charge in [-0.15, -0.1) is 0 Å². The van der Waals surface area contributed by atoms with Crippen LogP contribution in [0.15, 0.2) is 42.5 Å². The predicted octanol–water partition coefficient (Wildman–Crippen LogP) is 8.93. The van der Waals surface area contributed by atoms with Gasteiger partial charge in [0.05, 0.1) is 16.6 Å². The Kier molecular flexibility index (Phi) is 4.85. The summed E-state index contributed by atoms with van der Waals surface area (Å²) in [5.74, 6) is 0. The summed E-state index contributed by atoms with van der Waals surface area (Å²) in [7, 11) is 0. The van der Waals surface area contributed by atoms with E-state index in [0.717, 1.165) is 0 Å². The van der Waals surface area contributed by atoms with Gasteiger partial charge in [-0.05, 0) is 73.6 Å². The number of benzene rings is 3. The Labute approximate surface area is 197 Å². The molecule has 0 radical (unpaired) electrons. The van der Waals surface area contributed by atoms with Gasteiger partial charge in [-0.2, -0.15) is 0 Å². The van der Waals surface area contributed by atoms with Gasteiger partial charge in [-0.1, -0.05) is 81.0 Å². The maximum Gasteiger partial charge on any atom is 0.0620 e. The molecule has 168 valence electrons. The molecule has 0 aliphatic heterocycles. The largest absolute Gasteiger partial charge is 0.307 e. The van der Waals surface area contributed by atoms with E-state index in [1.54, 1.807) is 33.3 Å².